The third-order valence-corrected chi connectivity index (χ3v) is 3.19. The average molecular weight is 188 g/mol. The second-order valence-corrected chi connectivity index (χ2v) is 5.26. The predicted octanol–water partition coefficient (Wildman–Crippen LogP) is 0.910. The van der Waals surface area contributed by atoms with Crippen LogP contribution in [0.15, 0.2) is 12.3 Å². The van der Waals surface area contributed by atoms with Gasteiger partial charge in [-0.25, -0.2) is 0 Å². The Kier molecular flexibility index (Phi) is 3.68. The SMILES string of the molecule is C=C[Si](C)(OC(C)=O)OC(C)=O. The number of rotatable bonds is 3. The van der Waals surface area contributed by atoms with Gasteiger partial charge < -0.3 is 8.85 Å². The fourth-order valence-electron chi connectivity index (χ4n) is 0.675. The molecule has 12 heavy (non-hydrogen) atoms. The quantitative estimate of drug-likeness (QED) is 0.618. The zero-order valence-corrected chi connectivity index (χ0v) is 8.42. The Balaban J connectivity index is 4.33. The van der Waals surface area contributed by atoms with Crippen LogP contribution in [0.3, 0.4) is 0 Å². The number of hydrogen-bond donors (Lipinski definition) is 0. The summed E-state index contributed by atoms with van der Waals surface area (Å²) in [6.45, 7) is 7.54. The van der Waals surface area contributed by atoms with Crippen molar-refractivity contribution < 1.29 is 18.4 Å². The van der Waals surface area contributed by atoms with E-state index in [4.69, 9.17) is 8.85 Å². The van der Waals surface area contributed by atoms with Gasteiger partial charge in [-0.2, -0.15) is 0 Å². The molecule has 4 nitrogen and oxygen atoms in total. The number of carbonyl (C=O) groups excluding carboxylic acids is 2. The molecule has 0 rings (SSSR count). The van der Waals surface area contributed by atoms with E-state index in [0.717, 1.165) is 0 Å². The Morgan fingerprint density at radius 1 is 1.25 bits per heavy atom. The van der Waals surface area contributed by atoms with Gasteiger partial charge in [0.1, 0.15) is 0 Å². The molecule has 0 aromatic heterocycles. The Morgan fingerprint density at radius 2 is 1.58 bits per heavy atom. The van der Waals surface area contributed by atoms with Gasteiger partial charge >= 0.3 is 8.56 Å². The van der Waals surface area contributed by atoms with E-state index in [1.807, 2.05) is 0 Å². The lowest BCUT2D eigenvalue weighted by molar-refractivity contribution is -0.138. The third kappa shape index (κ3) is 3.92. The molecule has 0 heterocycles. The summed E-state index contributed by atoms with van der Waals surface area (Å²) in [5.74, 6) is -0.935. The van der Waals surface area contributed by atoms with Crippen molar-refractivity contribution in [2.24, 2.45) is 0 Å². The molecule has 0 aromatic rings. The first-order valence-corrected chi connectivity index (χ1v) is 5.82. The molecule has 0 aromatic carbocycles. The van der Waals surface area contributed by atoms with Gasteiger partial charge in [-0.3, -0.25) is 9.59 Å². The Labute approximate surface area is 72.4 Å². The van der Waals surface area contributed by atoms with Crippen LogP contribution in [-0.4, -0.2) is 20.5 Å². The minimum absolute atomic E-state index is 0.467. The summed E-state index contributed by atoms with van der Waals surface area (Å²) in [5, 5.41) is 0. The molecule has 68 valence electrons. The van der Waals surface area contributed by atoms with E-state index in [2.05, 4.69) is 6.58 Å². The van der Waals surface area contributed by atoms with Crippen LogP contribution in [0.5, 0.6) is 0 Å². The van der Waals surface area contributed by atoms with Crippen molar-refractivity contribution in [1.29, 1.82) is 0 Å². The molecular formula is C7H12O4Si. The summed E-state index contributed by atoms with van der Waals surface area (Å²) in [6.07, 6.45) is 0. The minimum atomic E-state index is -2.78. The van der Waals surface area contributed by atoms with Gasteiger partial charge in [0, 0.05) is 20.4 Å². The highest BCUT2D eigenvalue weighted by Gasteiger charge is 2.34. The van der Waals surface area contributed by atoms with Crippen molar-refractivity contribution >= 4 is 20.5 Å². The highest BCUT2D eigenvalue weighted by Crippen LogP contribution is 2.08. The first kappa shape index (κ1) is 10.9. The summed E-state index contributed by atoms with van der Waals surface area (Å²) in [7, 11) is -2.78. The van der Waals surface area contributed by atoms with E-state index in [0.29, 0.717) is 0 Å². The molecule has 0 saturated carbocycles. The second-order valence-electron chi connectivity index (χ2n) is 2.41. The monoisotopic (exact) mass is 188 g/mol. The molecule has 5 heteroatoms. The highest BCUT2D eigenvalue weighted by atomic mass is 28.4. The molecule has 0 aliphatic rings. The van der Waals surface area contributed by atoms with Gasteiger partial charge in [0.15, 0.2) is 0 Å². The summed E-state index contributed by atoms with van der Waals surface area (Å²) in [6, 6.07) is 0. The summed E-state index contributed by atoms with van der Waals surface area (Å²) < 4.78 is 9.67. The van der Waals surface area contributed by atoms with Crippen LogP contribution in [0.1, 0.15) is 13.8 Å². The molecule has 0 atom stereocenters. The average Bonchev–Trinajstić information content (AvgIpc) is 1.83. The van der Waals surface area contributed by atoms with Crippen molar-refractivity contribution in [1.82, 2.24) is 0 Å². The lowest BCUT2D eigenvalue weighted by atomic mass is 10.9. The second kappa shape index (κ2) is 4.06. The maximum atomic E-state index is 10.6. The lowest BCUT2D eigenvalue weighted by Crippen LogP contribution is -2.39. The van der Waals surface area contributed by atoms with E-state index < -0.39 is 20.5 Å². The number of carbonyl (C=O) groups is 2. The number of hydrogen-bond acceptors (Lipinski definition) is 4. The maximum absolute atomic E-state index is 10.6. The Hall–Kier alpha value is -1.10. The van der Waals surface area contributed by atoms with Gasteiger partial charge in [-0.1, -0.05) is 0 Å². The lowest BCUT2D eigenvalue weighted by Gasteiger charge is -2.20. The molecule has 0 amide bonds. The smallest absolute Gasteiger partial charge is 0.482 e. The zero-order chi connectivity index (χ0) is 9.78. The topological polar surface area (TPSA) is 52.6 Å². The molecule has 0 aliphatic carbocycles. The van der Waals surface area contributed by atoms with E-state index in [1.54, 1.807) is 6.55 Å². The predicted molar refractivity (Wildman–Crippen MR) is 45.3 cm³/mol. The molecular weight excluding hydrogens is 176 g/mol. The minimum Gasteiger partial charge on any atom is -0.482 e. The van der Waals surface area contributed by atoms with Crippen molar-refractivity contribution in [2.45, 2.75) is 20.4 Å². The maximum Gasteiger partial charge on any atom is 0.488 e. The van der Waals surface area contributed by atoms with Crippen LogP contribution in [0.2, 0.25) is 6.55 Å². The fourth-order valence-corrected chi connectivity index (χ4v) is 2.02. The first-order valence-electron chi connectivity index (χ1n) is 3.42. The molecule has 0 bridgehead atoms. The van der Waals surface area contributed by atoms with Gasteiger partial charge in [-0.05, 0) is 5.70 Å². The first-order chi connectivity index (χ1) is 5.39. The van der Waals surface area contributed by atoms with Gasteiger partial charge in [-0.15, -0.1) is 6.58 Å². The van der Waals surface area contributed by atoms with Crippen molar-refractivity contribution in [3.8, 4) is 0 Å². The van der Waals surface area contributed by atoms with Crippen LogP contribution in [-0.2, 0) is 18.4 Å². The largest absolute Gasteiger partial charge is 0.488 e. The van der Waals surface area contributed by atoms with Crippen molar-refractivity contribution in [2.75, 3.05) is 0 Å². The van der Waals surface area contributed by atoms with E-state index in [9.17, 15) is 9.59 Å². The Morgan fingerprint density at radius 3 is 1.75 bits per heavy atom. The fraction of sp³-hybridized carbons (Fsp3) is 0.429. The van der Waals surface area contributed by atoms with Crippen LogP contribution >= 0.6 is 0 Å². The zero-order valence-electron chi connectivity index (χ0n) is 7.42. The van der Waals surface area contributed by atoms with Gasteiger partial charge in [0.2, 0.25) is 0 Å². The highest BCUT2D eigenvalue weighted by molar-refractivity contribution is 6.73. The van der Waals surface area contributed by atoms with Gasteiger partial charge in [0.05, 0.1) is 0 Å². The molecule has 0 aliphatic heterocycles. The Bertz CT molecular complexity index is 195. The summed E-state index contributed by atoms with van der Waals surface area (Å²) >= 11 is 0. The van der Waals surface area contributed by atoms with E-state index in [-0.39, 0.29) is 0 Å². The molecule has 0 saturated heterocycles. The van der Waals surface area contributed by atoms with Crippen molar-refractivity contribution in [3.63, 3.8) is 0 Å². The van der Waals surface area contributed by atoms with Crippen LogP contribution in [0, 0.1) is 0 Å². The van der Waals surface area contributed by atoms with E-state index in [1.165, 1.54) is 19.5 Å². The summed E-state index contributed by atoms with van der Waals surface area (Å²) in [5.41, 5.74) is 1.38. The standard InChI is InChI=1S/C7H12O4Si/c1-5-12(4,10-6(2)8)11-7(3)9/h5H,1H2,2-4H3. The molecule has 0 N–H and O–H groups in total. The summed E-state index contributed by atoms with van der Waals surface area (Å²) in [4.78, 5) is 21.1. The molecule has 0 fully saturated rings. The third-order valence-electron chi connectivity index (χ3n) is 1.06. The van der Waals surface area contributed by atoms with E-state index >= 15 is 0 Å². The molecule has 0 spiro atoms. The molecule has 0 radical (unpaired) electrons. The molecule has 0 unspecified atom stereocenters. The normalized spacial score (nSPS) is 10.2. The van der Waals surface area contributed by atoms with Crippen molar-refractivity contribution in [3.05, 3.63) is 12.3 Å². The van der Waals surface area contributed by atoms with Crippen LogP contribution < -0.4 is 0 Å². The van der Waals surface area contributed by atoms with Gasteiger partial charge in [0.25, 0.3) is 11.9 Å². The van der Waals surface area contributed by atoms with Crippen LogP contribution in [0.4, 0.5) is 0 Å². The van der Waals surface area contributed by atoms with Crippen LogP contribution in [0.25, 0.3) is 0 Å².